The quantitative estimate of drug-likeness (QED) is 0.217. The molecule has 15 heteroatoms. The van der Waals surface area contributed by atoms with Gasteiger partial charge in [-0.2, -0.15) is 0 Å². The molecule has 9 nitrogen and oxygen atoms in total. The van der Waals surface area contributed by atoms with Gasteiger partial charge < -0.3 is 19.7 Å². The number of alkyl halides is 5. The predicted octanol–water partition coefficient (Wildman–Crippen LogP) is 4.25. The molecule has 0 unspecified atom stereocenters. The van der Waals surface area contributed by atoms with E-state index in [0.29, 0.717) is 12.1 Å². The molecule has 1 atom stereocenters. The summed E-state index contributed by atoms with van der Waals surface area (Å²) in [5.41, 5.74) is -1.50. The Hall–Kier alpha value is -4.01. The number of carbonyl (C=O) groups is 3. The lowest BCUT2D eigenvalue weighted by atomic mass is 9.99. The number of hydrogen-bond donors (Lipinski definition) is 3. The highest BCUT2D eigenvalue weighted by atomic mass is 19.4. The van der Waals surface area contributed by atoms with Gasteiger partial charge in [0, 0.05) is 12.0 Å². The van der Waals surface area contributed by atoms with Gasteiger partial charge >= 0.3 is 12.5 Å². The van der Waals surface area contributed by atoms with E-state index < -0.39 is 83.2 Å². The average Bonchev–Trinajstić information content (AvgIpc) is 2.86. The fraction of sp³-hybridized carbons (Fsp3) is 0.375. The van der Waals surface area contributed by atoms with E-state index in [1.54, 1.807) is 5.43 Å². The van der Waals surface area contributed by atoms with Crippen molar-refractivity contribution in [2.24, 2.45) is 5.84 Å². The number of carbonyl (C=O) groups excluding carboxylic acids is 3. The van der Waals surface area contributed by atoms with Gasteiger partial charge in [-0.1, -0.05) is 12.1 Å². The van der Waals surface area contributed by atoms with Gasteiger partial charge in [0.1, 0.15) is 23.2 Å². The second-order valence-corrected chi connectivity index (χ2v) is 9.55. The molecule has 1 aliphatic heterocycles. The van der Waals surface area contributed by atoms with Gasteiger partial charge in [0.15, 0.2) is 0 Å². The molecular formula is C24H24F6N4O5. The number of nitrogens with two attached hydrogens (primary N) is 1. The first-order valence-electron chi connectivity index (χ1n) is 11.3. The van der Waals surface area contributed by atoms with Crippen LogP contribution in [0.1, 0.15) is 48.7 Å². The zero-order chi connectivity index (χ0) is 29.3. The lowest BCUT2D eigenvalue weighted by molar-refractivity contribution is -0.274. The summed E-state index contributed by atoms with van der Waals surface area (Å²) in [7, 11) is 0. The number of nitrogens with one attached hydrogen (secondary N) is 2. The first-order chi connectivity index (χ1) is 17.9. The zero-order valence-electron chi connectivity index (χ0n) is 20.8. The molecule has 39 heavy (non-hydrogen) atoms. The normalized spacial score (nSPS) is 17.1. The molecule has 3 amide bonds. The lowest BCUT2D eigenvalue weighted by Gasteiger charge is -2.27. The summed E-state index contributed by atoms with van der Waals surface area (Å²) in [6, 6.07) is 3.38. The minimum atomic E-state index is -4.96. The number of anilines is 1. The Labute approximate surface area is 218 Å². The van der Waals surface area contributed by atoms with Gasteiger partial charge in [0.05, 0.1) is 17.8 Å². The van der Waals surface area contributed by atoms with E-state index in [4.69, 9.17) is 10.6 Å². The van der Waals surface area contributed by atoms with E-state index in [2.05, 4.69) is 10.1 Å². The number of nitrogens with zero attached hydrogens (tertiary/aromatic N) is 1. The summed E-state index contributed by atoms with van der Waals surface area (Å²) in [6.45, 7) is 4.02. The fourth-order valence-corrected chi connectivity index (χ4v) is 3.80. The summed E-state index contributed by atoms with van der Waals surface area (Å²) in [5.74, 6) is -3.01. The first kappa shape index (κ1) is 29.5. The number of rotatable bonds is 5. The SMILES string of the molecule is CC(C)(C)OC(=O)N[C@H]1CC(F)(F)c2cc(F)c(C(=O)NN)cc2N(Cc2ccc(OC(F)(F)F)cc2)C1=O. The number of hydrazine groups is 1. The third-order valence-electron chi connectivity index (χ3n) is 5.36. The van der Waals surface area contributed by atoms with Crippen LogP contribution >= 0.6 is 0 Å². The molecule has 3 rings (SSSR count). The summed E-state index contributed by atoms with van der Waals surface area (Å²) in [5, 5.41) is 2.10. The van der Waals surface area contributed by atoms with Crippen LogP contribution in [0.15, 0.2) is 36.4 Å². The van der Waals surface area contributed by atoms with Crippen LogP contribution < -0.4 is 26.2 Å². The number of fused-ring (bicyclic) bond motifs is 1. The molecular weight excluding hydrogens is 538 g/mol. The Kier molecular flexibility index (Phi) is 8.05. The Morgan fingerprint density at radius 1 is 1.13 bits per heavy atom. The molecule has 0 saturated carbocycles. The predicted molar refractivity (Wildman–Crippen MR) is 124 cm³/mol. The molecule has 2 aromatic rings. The van der Waals surface area contributed by atoms with Crippen LogP contribution in [-0.2, 0) is 22.0 Å². The fourth-order valence-electron chi connectivity index (χ4n) is 3.80. The van der Waals surface area contributed by atoms with Crippen molar-refractivity contribution in [2.45, 2.75) is 57.7 Å². The van der Waals surface area contributed by atoms with Crippen LogP contribution in [0.4, 0.5) is 36.8 Å². The van der Waals surface area contributed by atoms with Crippen LogP contribution in [-0.4, -0.2) is 35.9 Å². The molecule has 212 valence electrons. The first-order valence-corrected chi connectivity index (χ1v) is 11.3. The molecule has 2 aromatic carbocycles. The molecule has 0 fully saturated rings. The molecule has 4 N–H and O–H groups in total. The zero-order valence-corrected chi connectivity index (χ0v) is 20.8. The van der Waals surface area contributed by atoms with Crippen molar-refractivity contribution in [1.82, 2.24) is 10.7 Å². The van der Waals surface area contributed by atoms with E-state index in [0.717, 1.165) is 29.2 Å². The monoisotopic (exact) mass is 562 g/mol. The maximum absolute atomic E-state index is 15.4. The van der Waals surface area contributed by atoms with Crippen molar-refractivity contribution >= 4 is 23.6 Å². The van der Waals surface area contributed by atoms with Crippen molar-refractivity contribution < 1.29 is 50.2 Å². The third kappa shape index (κ3) is 7.31. The summed E-state index contributed by atoms with van der Waals surface area (Å²) in [4.78, 5) is 38.7. The van der Waals surface area contributed by atoms with Gasteiger partial charge in [-0.05, 0) is 50.6 Å². The average molecular weight is 562 g/mol. The van der Waals surface area contributed by atoms with Crippen LogP contribution in [0.3, 0.4) is 0 Å². The summed E-state index contributed by atoms with van der Waals surface area (Å²) < 4.78 is 91.8. The molecule has 0 saturated heterocycles. The number of alkyl carbamates (subject to hydrolysis) is 1. The van der Waals surface area contributed by atoms with Gasteiger partial charge in [-0.15, -0.1) is 13.2 Å². The van der Waals surface area contributed by atoms with Gasteiger partial charge in [0.2, 0.25) is 5.91 Å². The van der Waals surface area contributed by atoms with Crippen molar-refractivity contribution in [3.8, 4) is 5.75 Å². The summed E-state index contributed by atoms with van der Waals surface area (Å²) >= 11 is 0. The Bertz CT molecular complexity index is 1260. The van der Waals surface area contributed by atoms with Crippen LogP contribution in [0.2, 0.25) is 0 Å². The second-order valence-electron chi connectivity index (χ2n) is 9.55. The minimum Gasteiger partial charge on any atom is -0.444 e. The Morgan fingerprint density at radius 3 is 2.28 bits per heavy atom. The number of nitrogen functional groups attached to an aromatic ring is 1. The van der Waals surface area contributed by atoms with Crippen molar-refractivity contribution in [1.29, 1.82) is 0 Å². The standard InChI is InChI=1S/C24H24F6N4O5/c1-22(2,3)39-21(37)32-17-10-23(26,27)15-9-16(25)14(19(35)33-31)8-18(15)34(20(17)36)11-12-4-6-13(7-5-12)38-24(28,29)30/h4-9,17H,10-11,31H2,1-3H3,(H,32,37)(H,33,35)/t17-/m0/s1. The van der Waals surface area contributed by atoms with E-state index in [9.17, 15) is 31.9 Å². The van der Waals surface area contributed by atoms with Crippen LogP contribution in [0, 0.1) is 5.82 Å². The highest BCUT2D eigenvalue weighted by Gasteiger charge is 2.47. The number of amides is 3. The topological polar surface area (TPSA) is 123 Å². The van der Waals surface area contributed by atoms with Crippen molar-refractivity contribution in [3.05, 3.63) is 58.9 Å². The Morgan fingerprint density at radius 2 is 1.74 bits per heavy atom. The molecule has 0 bridgehead atoms. The van der Waals surface area contributed by atoms with Crippen molar-refractivity contribution in [3.63, 3.8) is 0 Å². The van der Waals surface area contributed by atoms with Crippen LogP contribution in [0.5, 0.6) is 5.75 Å². The van der Waals surface area contributed by atoms with Crippen LogP contribution in [0.25, 0.3) is 0 Å². The number of benzene rings is 2. The van der Waals surface area contributed by atoms with E-state index >= 15 is 8.78 Å². The minimum absolute atomic E-state index is 0.152. The number of ether oxygens (including phenoxy) is 2. The van der Waals surface area contributed by atoms with E-state index in [1.807, 2.05) is 0 Å². The number of hydrogen-bond acceptors (Lipinski definition) is 6. The maximum Gasteiger partial charge on any atom is 0.573 e. The van der Waals surface area contributed by atoms with E-state index in [-0.39, 0.29) is 5.56 Å². The Balaban J connectivity index is 2.09. The lowest BCUT2D eigenvalue weighted by Crippen LogP contribution is -2.49. The smallest absolute Gasteiger partial charge is 0.444 e. The molecule has 0 aliphatic carbocycles. The molecule has 0 spiro atoms. The third-order valence-corrected chi connectivity index (χ3v) is 5.36. The highest BCUT2D eigenvalue weighted by molar-refractivity contribution is 6.02. The highest BCUT2D eigenvalue weighted by Crippen LogP contribution is 2.44. The largest absolute Gasteiger partial charge is 0.573 e. The number of halogens is 6. The maximum atomic E-state index is 15.4. The molecule has 1 aliphatic rings. The second kappa shape index (κ2) is 10.6. The van der Waals surface area contributed by atoms with Gasteiger partial charge in [0.25, 0.3) is 11.8 Å². The molecule has 0 radical (unpaired) electrons. The van der Waals surface area contributed by atoms with E-state index in [1.165, 1.54) is 20.8 Å². The van der Waals surface area contributed by atoms with Gasteiger partial charge in [-0.25, -0.2) is 23.8 Å². The van der Waals surface area contributed by atoms with Crippen molar-refractivity contribution in [2.75, 3.05) is 4.90 Å². The van der Waals surface area contributed by atoms with Gasteiger partial charge in [-0.3, -0.25) is 15.0 Å². The molecule has 1 heterocycles. The molecule has 0 aromatic heterocycles. The summed E-state index contributed by atoms with van der Waals surface area (Å²) in [6.07, 6.45) is -7.42.